The number of benzene rings is 3. The highest BCUT2D eigenvalue weighted by atomic mass is 32.1. The Morgan fingerprint density at radius 1 is 0.938 bits per heavy atom. The lowest BCUT2D eigenvalue weighted by Gasteiger charge is -2.01. The van der Waals surface area contributed by atoms with E-state index in [0.717, 1.165) is 15.8 Å². The van der Waals surface area contributed by atoms with Gasteiger partial charge in [-0.15, -0.1) is 10.2 Å². The molecule has 0 unspecified atom stereocenters. The number of hydrogen-bond acceptors (Lipinski definition) is 7. The van der Waals surface area contributed by atoms with Crippen molar-refractivity contribution in [3.8, 4) is 16.9 Å². The average molecular weight is 442 g/mol. The summed E-state index contributed by atoms with van der Waals surface area (Å²) >= 11 is 1.38. The van der Waals surface area contributed by atoms with Crippen molar-refractivity contribution < 1.29 is 4.92 Å². The van der Waals surface area contributed by atoms with Crippen molar-refractivity contribution >= 4 is 38.1 Å². The lowest BCUT2D eigenvalue weighted by Crippen LogP contribution is -2.13. The summed E-state index contributed by atoms with van der Waals surface area (Å²) in [4.78, 5) is 28.1. The van der Waals surface area contributed by atoms with Crippen LogP contribution in [0, 0.1) is 10.1 Å². The van der Waals surface area contributed by atoms with Gasteiger partial charge in [0.2, 0.25) is 5.13 Å². The molecule has 0 saturated heterocycles. The van der Waals surface area contributed by atoms with E-state index in [1.807, 2.05) is 54.6 Å². The van der Waals surface area contributed by atoms with Crippen LogP contribution in [-0.4, -0.2) is 19.7 Å². The second-order valence-electron chi connectivity index (χ2n) is 6.78. The minimum atomic E-state index is -0.492. The third kappa shape index (κ3) is 3.59. The molecule has 1 N–H and O–H groups in total. The van der Waals surface area contributed by atoms with E-state index < -0.39 is 10.5 Å². The molecule has 0 radical (unpaired) electrons. The Morgan fingerprint density at radius 2 is 1.66 bits per heavy atom. The van der Waals surface area contributed by atoms with Gasteiger partial charge >= 0.3 is 0 Å². The number of nitro benzene ring substituents is 1. The van der Waals surface area contributed by atoms with Gasteiger partial charge in [-0.25, -0.2) is 9.67 Å². The fourth-order valence-corrected chi connectivity index (χ4v) is 4.02. The van der Waals surface area contributed by atoms with Crippen LogP contribution in [0.25, 0.3) is 27.2 Å². The van der Waals surface area contributed by atoms with Gasteiger partial charge in [0.1, 0.15) is 0 Å². The zero-order valence-electron chi connectivity index (χ0n) is 16.4. The minimum absolute atomic E-state index is 0.0626. The zero-order chi connectivity index (χ0) is 22.1. The molecule has 0 spiro atoms. The van der Waals surface area contributed by atoms with Crippen molar-refractivity contribution in [1.29, 1.82) is 0 Å². The molecule has 0 aliphatic carbocycles. The first-order chi connectivity index (χ1) is 15.6. The smallest absolute Gasteiger partial charge is 0.288 e. The normalized spacial score (nSPS) is 11.4. The first-order valence-electron chi connectivity index (χ1n) is 9.53. The molecule has 156 valence electrons. The quantitative estimate of drug-likeness (QED) is 0.211. The van der Waals surface area contributed by atoms with Crippen molar-refractivity contribution in [3.05, 3.63) is 99.3 Å². The van der Waals surface area contributed by atoms with E-state index in [0.29, 0.717) is 16.5 Å². The Labute approximate surface area is 184 Å². The monoisotopic (exact) mass is 442 g/mol. The van der Waals surface area contributed by atoms with Gasteiger partial charge in [-0.2, -0.15) is 0 Å². The van der Waals surface area contributed by atoms with Gasteiger partial charge in [0.25, 0.3) is 11.2 Å². The molecule has 2 heterocycles. The average Bonchev–Trinajstić information content (AvgIpc) is 3.39. The number of thiazole rings is 1. The third-order valence-electron chi connectivity index (χ3n) is 4.77. The van der Waals surface area contributed by atoms with Crippen LogP contribution in [0.1, 0.15) is 0 Å². The number of non-ortho nitro benzene ring substituents is 1. The number of nitrogens with one attached hydrogen (secondary N) is 1. The van der Waals surface area contributed by atoms with Gasteiger partial charge in [-0.05, 0) is 24.3 Å². The van der Waals surface area contributed by atoms with Crippen LogP contribution in [-0.2, 0) is 0 Å². The van der Waals surface area contributed by atoms with Gasteiger partial charge < -0.3 is 0 Å². The van der Waals surface area contributed by atoms with E-state index in [9.17, 15) is 14.9 Å². The van der Waals surface area contributed by atoms with E-state index in [1.165, 1.54) is 40.3 Å². The zero-order valence-corrected chi connectivity index (χ0v) is 17.2. The number of aromatic nitrogens is 3. The van der Waals surface area contributed by atoms with Crippen LogP contribution in [0.15, 0.2) is 93.9 Å². The number of para-hydroxylation sites is 1. The summed E-state index contributed by atoms with van der Waals surface area (Å²) in [5.74, 6) is 0. The molecule has 0 saturated carbocycles. The molecule has 0 bridgehead atoms. The Bertz CT molecular complexity index is 1480. The van der Waals surface area contributed by atoms with Crippen LogP contribution < -0.4 is 5.56 Å². The summed E-state index contributed by atoms with van der Waals surface area (Å²) in [5, 5.41) is 22.9. The van der Waals surface area contributed by atoms with E-state index in [1.54, 1.807) is 0 Å². The Kier molecular flexibility index (Phi) is 4.88. The van der Waals surface area contributed by atoms with Crippen molar-refractivity contribution in [3.63, 3.8) is 0 Å². The lowest BCUT2D eigenvalue weighted by atomic mass is 10.1. The summed E-state index contributed by atoms with van der Waals surface area (Å²) in [7, 11) is 0. The minimum Gasteiger partial charge on any atom is -0.288 e. The lowest BCUT2D eigenvalue weighted by molar-refractivity contribution is -0.384. The van der Waals surface area contributed by atoms with E-state index in [2.05, 4.69) is 20.3 Å². The summed E-state index contributed by atoms with van der Waals surface area (Å²) in [5.41, 5.74) is 2.12. The number of nitro groups is 1. The first kappa shape index (κ1) is 19.5. The molecule has 0 fully saturated rings. The molecule has 5 rings (SSSR count). The predicted octanol–water partition coefficient (Wildman–Crippen LogP) is 5.77. The Hall–Kier alpha value is -4.44. The molecule has 3 aromatic carbocycles. The van der Waals surface area contributed by atoms with Crippen LogP contribution in [0.5, 0.6) is 0 Å². The largest absolute Gasteiger partial charge is 0.299 e. The van der Waals surface area contributed by atoms with E-state index in [-0.39, 0.29) is 11.4 Å². The van der Waals surface area contributed by atoms with Gasteiger partial charge in [-0.3, -0.25) is 20.0 Å². The van der Waals surface area contributed by atoms with Gasteiger partial charge in [0.05, 0.1) is 26.5 Å². The molecule has 2 aromatic heterocycles. The molecule has 5 aromatic rings. The molecule has 10 heteroatoms. The molecule has 9 nitrogen and oxygen atoms in total. The highest BCUT2D eigenvalue weighted by Crippen LogP contribution is 2.31. The van der Waals surface area contributed by atoms with E-state index in [4.69, 9.17) is 0 Å². The van der Waals surface area contributed by atoms with Crippen molar-refractivity contribution in [2.45, 2.75) is 0 Å². The fraction of sp³-hybridized carbons (Fsp3) is 0. The molecule has 0 amide bonds. The maximum Gasteiger partial charge on any atom is 0.299 e. The predicted molar refractivity (Wildman–Crippen MR) is 122 cm³/mol. The molecule has 0 aliphatic rings. The van der Waals surface area contributed by atoms with Crippen molar-refractivity contribution in [1.82, 2.24) is 14.8 Å². The van der Waals surface area contributed by atoms with Crippen LogP contribution in [0.3, 0.4) is 0 Å². The number of azo groups is 1. The summed E-state index contributed by atoms with van der Waals surface area (Å²) in [6.45, 7) is 0. The maximum absolute atomic E-state index is 13.2. The number of nitrogens with zero attached hydrogens (tertiary/aromatic N) is 5. The second kappa shape index (κ2) is 8.00. The molecular formula is C22H14N6O3S. The third-order valence-corrected chi connectivity index (χ3v) is 5.69. The highest BCUT2D eigenvalue weighted by Gasteiger charge is 2.18. The Balaban J connectivity index is 1.61. The van der Waals surface area contributed by atoms with Gasteiger partial charge in [0.15, 0.2) is 5.69 Å². The van der Waals surface area contributed by atoms with Gasteiger partial charge in [-0.1, -0.05) is 53.8 Å². The molecule has 32 heavy (non-hydrogen) atoms. The standard InChI is InChI=1S/C22H14N6O3S/c29-21-20(24-25-22-23-17-8-4-5-9-18(17)32-22)19(14-6-2-1-3-7-14)26-27(21)15-10-12-16(13-11-15)28(30)31/h1-13,26H. The fourth-order valence-electron chi connectivity index (χ4n) is 3.23. The van der Waals surface area contributed by atoms with Crippen LogP contribution in [0.4, 0.5) is 16.5 Å². The SMILES string of the molecule is O=c1c(N=Nc2nc3ccccc3s2)c(-c2ccccc2)[nH]n1-c1ccc([N+](=O)[O-])cc1. The van der Waals surface area contributed by atoms with E-state index >= 15 is 0 Å². The number of H-pyrrole nitrogens is 1. The molecule has 0 aliphatic heterocycles. The van der Waals surface area contributed by atoms with Crippen LogP contribution >= 0.6 is 11.3 Å². The number of hydrogen-bond donors (Lipinski definition) is 1. The number of rotatable bonds is 5. The summed E-state index contributed by atoms with van der Waals surface area (Å²) < 4.78 is 2.26. The summed E-state index contributed by atoms with van der Waals surface area (Å²) in [6.07, 6.45) is 0. The number of fused-ring (bicyclic) bond motifs is 1. The van der Waals surface area contributed by atoms with Crippen molar-refractivity contribution in [2.75, 3.05) is 0 Å². The van der Waals surface area contributed by atoms with Crippen LogP contribution in [0.2, 0.25) is 0 Å². The second-order valence-corrected chi connectivity index (χ2v) is 7.79. The maximum atomic E-state index is 13.2. The van der Waals surface area contributed by atoms with Crippen molar-refractivity contribution in [2.24, 2.45) is 10.2 Å². The topological polar surface area (TPSA) is 119 Å². The van der Waals surface area contributed by atoms with Gasteiger partial charge in [0, 0.05) is 17.7 Å². The molecule has 0 atom stereocenters. The first-order valence-corrected chi connectivity index (χ1v) is 10.3. The molecular weight excluding hydrogens is 428 g/mol. The highest BCUT2D eigenvalue weighted by molar-refractivity contribution is 7.21. The summed E-state index contributed by atoms with van der Waals surface area (Å²) in [6, 6.07) is 22.6. The number of aromatic amines is 1. The Morgan fingerprint density at radius 3 is 2.38 bits per heavy atom.